The standard InChI is InChI=1S/C10H14BrNO/c1-7(2)5-10(13)9-4-3-8(11)6-12-9/h3-4,6-7,10,13H,5H2,1-2H3. The van der Waals surface area contributed by atoms with Crippen LogP contribution in [0.2, 0.25) is 0 Å². The van der Waals surface area contributed by atoms with Crippen LogP contribution in [0.5, 0.6) is 0 Å². The second-order valence-corrected chi connectivity index (χ2v) is 4.46. The minimum atomic E-state index is -0.437. The Labute approximate surface area is 87.1 Å². The lowest BCUT2D eigenvalue weighted by atomic mass is 10.0. The second-order valence-electron chi connectivity index (χ2n) is 3.55. The van der Waals surface area contributed by atoms with Gasteiger partial charge in [0.1, 0.15) is 0 Å². The highest BCUT2D eigenvalue weighted by molar-refractivity contribution is 9.10. The zero-order chi connectivity index (χ0) is 9.84. The van der Waals surface area contributed by atoms with E-state index in [-0.39, 0.29) is 0 Å². The number of rotatable bonds is 3. The first-order valence-corrected chi connectivity index (χ1v) is 5.18. The normalized spacial score (nSPS) is 13.3. The lowest BCUT2D eigenvalue weighted by molar-refractivity contribution is 0.146. The minimum Gasteiger partial charge on any atom is -0.387 e. The third-order valence-corrected chi connectivity index (χ3v) is 2.26. The number of aliphatic hydroxyl groups excluding tert-OH is 1. The molecule has 1 unspecified atom stereocenters. The summed E-state index contributed by atoms with van der Waals surface area (Å²) in [6, 6.07) is 3.74. The molecule has 1 heterocycles. The van der Waals surface area contributed by atoms with Crippen LogP contribution in [0.4, 0.5) is 0 Å². The molecule has 0 amide bonds. The van der Waals surface area contributed by atoms with E-state index in [0.717, 1.165) is 16.6 Å². The maximum absolute atomic E-state index is 9.70. The van der Waals surface area contributed by atoms with Crippen LogP contribution in [0.1, 0.15) is 32.1 Å². The first kappa shape index (κ1) is 10.7. The van der Waals surface area contributed by atoms with Gasteiger partial charge in [-0.1, -0.05) is 13.8 Å². The Morgan fingerprint density at radius 2 is 2.15 bits per heavy atom. The molecule has 0 saturated heterocycles. The molecule has 0 aliphatic rings. The minimum absolute atomic E-state index is 0.437. The van der Waals surface area contributed by atoms with Gasteiger partial charge in [-0.2, -0.15) is 0 Å². The van der Waals surface area contributed by atoms with Crippen molar-refractivity contribution in [3.05, 3.63) is 28.5 Å². The van der Waals surface area contributed by atoms with E-state index < -0.39 is 6.10 Å². The smallest absolute Gasteiger partial charge is 0.0962 e. The number of hydrogen-bond acceptors (Lipinski definition) is 2. The van der Waals surface area contributed by atoms with Gasteiger partial charge in [0.15, 0.2) is 0 Å². The van der Waals surface area contributed by atoms with E-state index >= 15 is 0 Å². The van der Waals surface area contributed by atoms with Gasteiger partial charge >= 0.3 is 0 Å². The van der Waals surface area contributed by atoms with E-state index in [1.807, 2.05) is 12.1 Å². The fraction of sp³-hybridized carbons (Fsp3) is 0.500. The van der Waals surface area contributed by atoms with Gasteiger partial charge in [0, 0.05) is 10.7 Å². The van der Waals surface area contributed by atoms with Crippen molar-refractivity contribution in [3.63, 3.8) is 0 Å². The summed E-state index contributed by atoms with van der Waals surface area (Å²) in [5.41, 5.74) is 0.747. The Kier molecular flexibility index (Phi) is 3.88. The predicted molar refractivity (Wildman–Crippen MR) is 56.4 cm³/mol. The third-order valence-electron chi connectivity index (χ3n) is 1.79. The average Bonchev–Trinajstić information content (AvgIpc) is 2.04. The fourth-order valence-corrected chi connectivity index (χ4v) is 1.39. The molecular weight excluding hydrogens is 230 g/mol. The largest absolute Gasteiger partial charge is 0.387 e. The molecule has 1 rings (SSSR count). The molecule has 0 bridgehead atoms. The zero-order valence-corrected chi connectivity index (χ0v) is 9.45. The maximum atomic E-state index is 9.70. The highest BCUT2D eigenvalue weighted by atomic mass is 79.9. The SMILES string of the molecule is CC(C)CC(O)c1ccc(Br)cn1. The summed E-state index contributed by atoms with van der Waals surface area (Å²) in [7, 11) is 0. The quantitative estimate of drug-likeness (QED) is 0.886. The van der Waals surface area contributed by atoms with Gasteiger partial charge in [-0.3, -0.25) is 4.98 Å². The summed E-state index contributed by atoms with van der Waals surface area (Å²) < 4.78 is 0.938. The first-order valence-electron chi connectivity index (χ1n) is 4.39. The van der Waals surface area contributed by atoms with Crippen LogP contribution in [-0.2, 0) is 0 Å². The molecule has 0 aliphatic carbocycles. The highest BCUT2D eigenvalue weighted by Crippen LogP contribution is 2.20. The molecule has 1 aromatic heterocycles. The Bertz CT molecular complexity index is 258. The van der Waals surface area contributed by atoms with E-state index in [9.17, 15) is 5.11 Å². The van der Waals surface area contributed by atoms with Crippen LogP contribution >= 0.6 is 15.9 Å². The van der Waals surface area contributed by atoms with Gasteiger partial charge < -0.3 is 5.11 Å². The van der Waals surface area contributed by atoms with Crippen molar-refractivity contribution in [2.75, 3.05) is 0 Å². The lowest BCUT2D eigenvalue weighted by Crippen LogP contribution is -2.03. The number of pyridine rings is 1. The van der Waals surface area contributed by atoms with E-state index in [2.05, 4.69) is 34.8 Å². The molecule has 0 aliphatic heterocycles. The summed E-state index contributed by atoms with van der Waals surface area (Å²) in [5, 5.41) is 9.70. The van der Waals surface area contributed by atoms with Gasteiger partial charge in [0.05, 0.1) is 11.8 Å². The monoisotopic (exact) mass is 243 g/mol. The molecule has 0 aromatic carbocycles. The van der Waals surface area contributed by atoms with Gasteiger partial charge in [-0.05, 0) is 40.4 Å². The molecule has 0 spiro atoms. The average molecular weight is 244 g/mol. The molecule has 0 saturated carbocycles. The molecular formula is C10H14BrNO. The molecule has 1 N–H and O–H groups in total. The predicted octanol–water partition coefficient (Wildman–Crippen LogP) is 2.92. The highest BCUT2D eigenvalue weighted by Gasteiger charge is 2.10. The van der Waals surface area contributed by atoms with Crippen molar-refractivity contribution in [3.8, 4) is 0 Å². The summed E-state index contributed by atoms with van der Waals surface area (Å²) in [6.07, 6.45) is 2.03. The zero-order valence-electron chi connectivity index (χ0n) is 7.87. The molecule has 0 radical (unpaired) electrons. The molecule has 2 nitrogen and oxygen atoms in total. The van der Waals surface area contributed by atoms with Gasteiger partial charge in [0.25, 0.3) is 0 Å². The van der Waals surface area contributed by atoms with Crippen LogP contribution in [0.25, 0.3) is 0 Å². The van der Waals surface area contributed by atoms with Crippen LogP contribution in [0.3, 0.4) is 0 Å². The van der Waals surface area contributed by atoms with Crippen molar-refractivity contribution in [2.24, 2.45) is 5.92 Å². The Morgan fingerprint density at radius 3 is 2.62 bits per heavy atom. The number of aliphatic hydroxyl groups is 1. The summed E-state index contributed by atoms with van der Waals surface area (Å²) in [5.74, 6) is 0.487. The van der Waals surface area contributed by atoms with E-state index in [4.69, 9.17) is 0 Å². The summed E-state index contributed by atoms with van der Waals surface area (Å²) in [6.45, 7) is 4.17. The lowest BCUT2D eigenvalue weighted by Gasteiger charge is -2.11. The topological polar surface area (TPSA) is 33.1 Å². The van der Waals surface area contributed by atoms with Crippen LogP contribution < -0.4 is 0 Å². The van der Waals surface area contributed by atoms with Crippen molar-refractivity contribution in [1.29, 1.82) is 0 Å². The van der Waals surface area contributed by atoms with Crippen molar-refractivity contribution in [1.82, 2.24) is 4.98 Å². The Hall–Kier alpha value is -0.410. The summed E-state index contributed by atoms with van der Waals surface area (Å²) in [4.78, 5) is 4.13. The van der Waals surface area contributed by atoms with Gasteiger partial charge in [-0.15, -0.1) is 0 Å². The van der Waals surface area contributed by atoms with Gasteiger partial charge in [0.2, 0.25) is 0 Å². The maximum Gasteiger partial charge on any atom is 0.0962 e. The van der Waals surface area contributed by atoms with E-state index in [0.29, 0.717) is 5.92 Å². The Balaban J connectivity index is 2.66. The fourth-order valence-electron chi connectivity index (χ4n) is 1.15. The first-order chi connectivity index (χ1) is 6.09. The van der Waals surface area contributed by atoms with Crippen LogP contribution in [-0.4, -0.2) is 10.1 Å². The second kappa shape index (κ2) is 4.72. The number of nitrogens with zero attached hydrogens (tertiary/aromatic N) is 1. The van der Waals surface area contributed by atoms with Crippen molar-refractivity contribution >= 4 is 15.9 Å². The number of aromatic nitrogens is 1. The molecule has 0 fully saturated rings. The molecule has 72 valence electrons. The van der Waals surface area contributed by atoms with Gasteiger partial charge in [-0.25, -0.2) is 0 Å². The molecule has 1 aromatic rings. The van der Waals surface area contributed by atoms with E-state index in [1.165, 1.54) is 0 Å². The van der Waals surface area contributed by atoms with Crippen molar-refractivity contribution < 1.29 is 5.11 Å². The number of halogens is 1. The Morgan fingerprint density at radius 1 is 1.46 bits per heavy atom. The van der Waals surface area contributed by atoms with Crippen molar-refractivity contribution in [2.45, 2.75) is 26.4 Å². The molecule has 13 heavy (non-hydrogen) atoms. The van der Waals surface area contributed by atoms with Crippen LogP contribution in [0, 0.1) is 5.92 Å². The molecule has 1 atom stereocenters. The third kappa shape index (κ3) is 3.44. The van der Waals surface area contributed by atoms with Crippen LogP contribution in [0.15, 0.2) is 22.8 Å². The number of hydrogen-bond donors (Lipinski definition) is 1. The van der Waals surface area contributed by atoms with E-state index in [1.54, 1.807) is 6.20 Å². The molecule has 3 heteroatoms. The summed E-state index contributed by atoms with van der Waals surface area (Å²) >= 11 is 3.30.